The van der Waals surface area contributed by atoms with Gasteiger partial charge in [0, 0.05) is 32.1 Å². The van der Waals surface area contributed by atoms with Crippen LogP contribution in [0.3, 0.4) is 0 Å². The summed E-state index contributed by atoms with van der Waals surface area (Å²) in [4.78, 5) is 25.9. The van der Waals surface area contributed by atoms with Crippen molar-refractivity contribution in [3.8, 4) is 11.5 Å². The van der Waals surface area contributed by atoms with Crippen LogP contribution in [0.5, 0.6) is 11.5 Å². The number of aryl methyl sites for hydroxylation is 2. The molecule has 2 amide bonds. The van der Waals surface area contributed by atoms with Crippen LogP contribution in [0.15, 0.2) is 36.4 Å². The summed E-state index contributed by atoms with van der Waals surface area (Å²) < 4.78 is 10.5. The van der Waals surface area contributed by atoms with Crippen LogP contribution >= 0.6 is 0 Å². The van der Waals surface area contributed by atoms with E-state index in [1.54, 1.807) is 25.2 Å². The number of nitrogens with zero attached hydrogens (tertiary/aromatic N) is 1. The van der Waals surface area contributed by atoms with Crippen LogP contribution in [0.25, 0.3) is 0 Å². The summed E-state index contributed by atoms with van der Waals surface area (Å²) in [6.07, 6.45) is 0.222. The van der Waals surface area contributed by atoms with E-state index in [2.05, 4.69) is 5.32 Å². The minimum Gasteiger partial charge on any atom is -0.493 e. The average Bonchev–Trinajstić information content (AvgIpc) is 2.67. The molecule has 28 heavy (non-hydrogen) atoms. The fraction of sp³-hybridized carbons (Fsp3) is 0.364. The van der Waals surface area contributed by atoms with Gasteiger partial charge in [-0.25, -0.2) is 0 Å². The summed E-state index contributed by atoms with van der Waals surface area (Å²) in [5, 5.41) is 2.89. The third-order valence-corrected chi connectivity index (χ3v) is 4.67. The van der Waals surface area contributed by atoms with Gasteiger partial charge >= 0.3 is 0 Å². The SMILES string of the molecule is COc1ccc(CN(CCC(=O)Nc2ccc(C)c(C)c2)C(C)=O)cc1OC. The number of carbonyl (C=O) groups excluding carboxylic acids is 2. The van der Waals surface area contributed by atoms with Gasteiger partial charge in [0.25, 0.3) is 0 Å². The molecular formula is C22H28N2O4. The van der Waals surface area contributed by atoms with Gasteiger partial charge in [-0.1, -0.05) is 12.1 Å². The fourth-order valence-electron chi connectivity index (χ4n) is 2.83. The highest BCUT2D eigenvalue weighted by Gasteiger charge is 2.14. The van der Waals surface area contributed by atoms with Crippen molar-refractivity contribution >= 4 is 17.5 Å². The molecule has 0 fully saturated rings. The lowest BCUT2D eigenvalue weighted by molar-refractivity contribution is -0.129. The molecule has 2 aromatic rings. The van der Waals surface area contributed by atoms with Crippen molar-refractivity contribution in [2.45, 2.75) is 33.7 Å². The highest BCUT2D eigenvalue weighted by Crippen LogP contribution is 2.28. The molecule has 150 valence electrons. The zero-order chi connectivity index (χ0) is 20.7. The number of hydrogen-bond acceptors (Lipinski definition) is 4. The molecule has 0 spiro atoms. The summed E-state index contributed by atoms with van der Waals surface area (Å²) >= 11 is 0. The van der Waals surface area contributed by atoms with Crippen LogP contribution < -0.4 is 14.8 Å². The summed E-state index contributed by atoms with van der Waals surface area (Å²) in [5.41, 5.74) is 3.97. The average molecular weight is 384 g/mol. The lowest BCUT2D eigenvalue weighted by Crippen LogP contribution is -2.31. The zero-order valence-corrected chi connectivity index (χ0v) is 17.2. The molecule has 0 heterocycles. The van der Waals surface area contributed by atoms with E-state index in [4.69, 9.17) is 9.47 Å². The van der Waals surface area contributed by atoms with E-state index in [0.717, 1.165) is 16.8 Å². The molecule has 0 aromatic heterocycles. The lowest BCUT2D eigenvalue weighted by atomic mass is 10.1. The normalized spacial score (nSPS) is 10.3. The molecule has 2 rings (SSSR count). The summed E-state index contributed by atoms with van der Waals surface area (Å²) in [6.45, 7) is 6.26. The van der Waals surface area contributed by atoms with Crippen LogP contribution in [0, 0.1) is 13.8 Å². The first-order valence-electron chi connectivity index (χ1n) is 9.17. The Hall–Kier alpha value is -3.02. The van der Waals surface area contributed by atoms with Crippen molar-refractivity contribution in [3.63, 3.8) is 0 Å². The molecule has 0 aliphatic carbocycles. The Morgan fingerprint density at radius 1 is 0.964 bits per heavy atom. The van der Waals surface area contributed by atoms with E-state index >= 15 is 0 Å². The van der Waals surface area contributed by atoms with Gasteiger partial charge < -0.3 is 19.7 Å². The first-order chi connectivity index (χ1) is 13.3. The fourth-order valence-corrected chi connectivity index (χ4v) is 2.83. The second-order valence-electron chi connectivity index (χ2n) is 6.73. The maximum atomic E-state index is 12.3. The summed E-state index contributed by atoms with van der Waals surface area (Å²) in [6, 6.07) is 11.3. The van der Waals surface area contributed by atoms with Crippen LogP contribution in [-0.2, 0) is 16.1 Å². The van der Waals surface area contributed by atoms with Gasteiger partial charge in [0.05, 0.1) is 14.2 Å². The predicted molar refractivity (Wildman–Crippen MR) is 110 cm³/mol. The molecule has 0 atom stereocenters. The molecular weight excluding hydrogens is 356 g/mol. The first-order valence-corrected chi connectivity index (χ1v) is 9.17. The van der Waals surface area contributed by atoms with Crippen molar-refractivity contribution in [3.05, 3.63) is 53.1 Å². The van der Waals surface area contributed by atoms with Gasteiger partial charge in [-0.3, -0.25) is 9.59 Å². The minimum atomic E-state index is -0.123. The highest BCUT2D eigenvalue weighted by atomic mass is 16.5. The number of rotatable bonds is 8. The molecule has 1 N–H and O–H groups in total. The Morgan fingerprint density at radius 3 is 2.29 bits per heavy atom. The quantitative estimate of drug-likeness (QED) is 0.754. The van der Waals surface area contributed by atoms with Crippen molar-refractivity contribution in [2.75, 3.05) is 26.1 Å². The lowest BCUT2D eigenvalue weighted by Gasteiger charge is -2.21. The largest absolute Gasteiger partial charge is 0.493 e. The van der Waals surface area contributed by atoms with Gasteiger partial charge in [0.1, 0.15) is 0 Å². The van der Waals surface area contributed by atoms with Crippen LogP contribution in [0.4, 0.5) is 5.69 Å². The summed E-state index contributed by atoms with van der Waals surface area (Å²) in [7, 11) is 3.15. The van der Waals surface area contributed by atoms with Gasteiger partial charge in [-0.05, 0) is 54.8 Å². The van der Waals surface area contributed by atoms with Crippen LogP contribution in [-0.4, -0.2) is 37.5 Å². The Labute approximate surface area is 166 Å². The number of hydrogen-bond donors (Lipinski definition) is 1. The molecule has 6 heteroatoms. The van der Waals surface area contributed by atoms with E-state index in [-0.39, 0.29) is 18.2 Å². The number of ether oxygens (including phenoxy) is 2. The standard InChI is InChI=1S/C22H28N2O4/c1-15-6-8-19(12-16(15)2)23-22(26)10-11-24(17(3)25)14-18-7-9-20(27-4)21(13-18)28-5/h6-9,12-13H,10-11,14H2,1-5H3,(H,23,26). The molecule has 2 aromatic carbocycles. The number of carbonyl (C=O) groups is 2. The number of methoxy groups -OCH3 is 2. The molecule has 0 unspecified atom stereocenters. The van der Waals surface area contributed by atoms with Gasteiger partial charge in [-0.2, -0.15) is 0 Å². The third-order valence-electron chi connectivity index (χ3n) is 4.67. The highest BCUT2D eigenvalue weighted by molar-refractivity contribution is 5.91. The second kappa shape index (κ2) is 9.78. The van der Waals surface area contributed by atoms with Crippen molar-refractivity contribution in [1.29, 1.82) is 0 Å². The van der Waals surface area contributed by atoms with Gasteiger partial charge in [-0.15, -0.1) is 0 Å². The van der Waals surface area contributed by atoms with E-state index in [9.17, 15) is 9.59 Å². The molecule has 0 saturated carbocycles. The van der Waals surface area contributed by atoms with Crippen molar-refractivity contribution < 1.29 is 19.1 Å². The first kappa shape index (κ1) is 21.3. The van der Waals surface area contributed by atoms with Crippen molar-refractivity contribution in [2.24, 2.45) is 0 Å². The number of benzene rings is 2. The Bertz CT molecular complexity index is 848. The maximum Gasteiger partial charge on any atom is 0.226 e. The number of amides is 2. The number of nitrogens with one attached hydrogen (secondary N) is 1. The Balaban J connectivity index is 1.98. The van der Waals surface area contributed by atoms with Crippen molar-refractivity contribution in [1.82, 2.24) is 4.90 Å². The monoisotopic (exact) mass is 384 g/mol. The Kier molecular flexibility index (Phi) is 7.44. The van der Waals surface area contributed by atoms with E-state index in [0.29, 0.717) is 24.6 Å². The molecule has 0 saturated heterocycles. The maximum absolute atomic E-state index is 12.3. The minimum absolute atomic E-state index is 0.0891. The third kappa shape index (κ3) is 5.74. The second-order valence-corrected chi connectivity index (χ2v) is 6.73. The smallest absolute Gasteiger partial charge is 0.226 e. The Morgan fingerprint density at radius 2 is 1.68 bits per heavy atom. The topological polar surface area (TPSA) is 67.9 Å². The van der Waals surface area contributed by atoms with Gasteiger partial charge in [0.2, 0.25) is 11.8 Å². The molecule has 6 nitrogen and oxygen atoms in total. The number of anilines is 1. The predicted octanol–water partition coefficient (Wildman–Crippen LogP) is 3.70. The van der Waals surface area contributed by atoms with Crippen LogP contribution in [0.2, 0.25) is 0 Å². The van der Waals surface area contributed by atoms with Crippen LogP contribution in [0.1, 0.15) is 30.0 Å². The molecule has 0 bridgehead atoms. The van der Waals surface area contributed by atoms with E-state index in [1.165, 1.54) is 12.5 Å². The molecule has 0 aliphatic rings. The van der Waals surface area contributed by atoms with Gasteiger partial charge in [0.15, 0.2) is 11.5 Å². The molecule has 0 aliphatic heterocycles. The van der Waals surface area contributed by atoms with E-state index < -0.39 is 0 Å². The zero-order valence-electron chi connectivity index (χ0n) is 17.2. The summed E-state index contributed by atoms with van der Waals surface area (Å²) in [5.74, 6) is 1.03. The van der Waals surface area contributed by atoms with E-state index in [1.807, 2.05) is 44.2 Å². The molecule has 0 radical (unpaired) electrons.